The van der Waals surface area contributed by atoms with Gasteiger partial charge in [0.2, 0.25) is 0 Å². The summed E-state index contributed by atoms with van der Waals surface area (Å²) in [6.07, 6.45) is 1.38. The van der Waals surface area contributed by atoms with Gasteiger partial charge < -0.3 is 9.40 Å². The monoisotopic (exact) mass is 135 g/mol. The van der Waals surface area contributed by atoms with Gasteiger partial charge in [-0.1, -0.05) is 0 Å². The number of H-pyrrole nitrogens is 1. The smallest absolute Gasteiger partial charge is 0.183 e. The summed E-state index contributed by atoms with van der Waals surface area (Å²) in [6.45, 7) is 3.36. The van der Waals surface area contributed by atoms with Crippen molar-refractivity contribution in [3.8, 4) is 0 Å². The Balaban J connectivity index is 2.78. The molecule has 0 saturated heterocycles. The van der Waals surface area contributed by atoms with E-state index in [1.165, 1.54) is 6.39 Å². The lowest BCUT2D eigenvalue weighted by Crippen LogP contribution is -1.62. The topological polar surface area (TPSA) is 54.2 Å². The third kappa shape index (κ3) is 0.556. The van der Waals surface area contributed by atoms with Crippen molar-refractivity contribution in [1.29, 1.82) is 0 Å². The molecule has 50 valence electrons. The van der Waals surface area contributed by atoms with Gasteiger partial charge in [-0.3, -0.25) is 0 Å². The Morgan fingerprint density at radius 2 is 2.60 bits per heavy atom. The van der Waals surface area contributed by atoms with Gasteiger partial charge in [0.25, 0.3) is 0 Å². The minimum Gasteiger partial charge on any atom is -0.442 e. The van der Waals surface area contributed by atoms with Crippen molar-refractivity contribution in [3.63, 3.8) is 0 Å². The van der Waals surface area contributed by atoms with E-state index in [1.807, 2.05) is 0 Å². The first kappa shape index (κ1) is 5.22. The molecule has 0 spiro atoms. The SMILES string of the molecule is C=Nc1cc2ocnc2[nH]1. The highest BCUT2D eigenvalue weighted by Crippen LogP contribution is 2.18. The van der Waals surface area contributed by atoms with Gasteiger partial charge in [-0.05, 0) is 6.72 Å². The average molecular weight is 135 g/mol. The van der Waals surface area contributed by atoms with Gasteiger partial charge in [-0.15, -0.1) is 0 Å². The van der Waals surface area contributed by atoms with E-state index >= 15 is 0 Å². The Hall–Kier alpha value is -1.58. The van der Waals surface area contributed by atoms with E-state index in [-0.39, 0.29) is 0 Å². The van der Waals surface area contributed by atoms with Crippen LogP contribution in [-0.2, 0) is 0 Å². The van der Waals surface area contributed by atoms with Gasteiger partial charge in [0.1, 0.15) is 5.82 Å². The van der Waals surface area contributed by atoms with Crippen LogP contribution in [0, 0.1) is 0 Å². The highest BCUT2D eigenvalue weighted by Gasteiger charge is 2.00. The van der Waals surface area contributed by atoms with E-state index in [1.54, 1.807) is 6.07 Å². The van der Waals surface area contributed by atoms with Gasteiger partial charge in [-0.2, -0.15) is 4.98 Å². The molecular formula is C6H5N3O. The number of hydrogen-bond acceptors (Lipinski definition) is 3. The van der Waals surface area contributed by atoms with Crippen LogP contribution in [0.2, 0.25) is 0 Å². The summed E-state index contributed by atoms with van der Waals surface area (Å²) in [4.78, 5) is 10.4. The summed E-state index contributed by atoms with van der Waals surface area (Å²) >= 11 is 0. The number of aromatic nitrogens is 2. The highest BCUT2D eigenvalue weighted by molar-refractivity contribution is 5.73. The molecule has 2 aromatic rings. The molecule has 2 aromatic heterocycles. The molecule has 4 nitrogen and oxygen atoms in total. The fraction of sp³-hybridized carbons (Fsp3) is 0. The van der Waals surface area contributed by atoms with Gasteiger partial charge in [0.05, 0.1) is 0 Å². The molecule has 0 fully saturated rings. The molecule has 0 atom stereocenters. The highest BCUT2D eigenvalue weighted by atomic mass is 16.3. The fourth-order valence-electron chi connectivity index (χ4n) is 0.818. The van der Waals surface area contributed by atoms with E-state index in [9.17, 15) is 0 Å². The van der Waals surface area contributed by atoms with Gasteiger partial charge in [0.15, 0.2) is 17.6 Å². The van der Waals surface area contributed by atoms with Crippen LogP contribution in [0.4, 0.5) is 5.82 Å². The van der Waals surface area contributed by atoms with Crippen molar-refractivity contribution in [2.24, 2.45) is 4.99 Å². The summed E-state index contributed by atoms with van der Waals surface area (Å²) in [6, 6.07) is 1.75. The lowest BCUT2D eigenvalue weighted by atomic mass is 10.6. The maximum atomic E-state index is 4.97. The predicted molar refractivity (Wildman–Crippen MR) is 37.6 cm³/mol. The Bertz CT molecular complexity index is 331. The number of fused-ring (bicyclic) bond motifs is 1. The van der Waals surface area contributed by atoms with Gasteiger partial charge >= 0.3 is 0 Å². The molecule has 4 heteroatoms. The van der Waals surface area contributed by atoms with E-state index in [0.29, 0.717) is 17.0 Å². The van der Waals surface area contributed by atoms with Crippen molar-refractivity contribution in [2.45, 2.75) is 0 Å². The fourth-order valence-corrected chi connectivity index (χ4v) is 0.818. The Morgan fingerprint density at radius 1 is 1.70 bits per heavy atom. The zero-order valence-corrected chi connectivity index (χ0v) is 5.16. The molecule has 1 N–H and O–H groups in total. The molecule has 10 heavy (non-hydrogen) atoms. The summed E-state index contributed by atoms with van der Waals surface area (Å²) < 4.78 is 4.97. The molecule has 0 aliphatic carbocycles. The van der Waals surface area contributed by atoms with Crippen molar-refractivity contribution in [3.05, 3.63) is 12.5 Å². The molecular weight excluding hydrogens is 130 g/mol. The van der Waals surface area contributed by atoms with E-state index < -0.39 is 0 Å². The Kier molecular flexibility index (Phi) is 0.887. The van der Waals surface area contributed by atoms with Crippen LogP contribution in [0.5, 0.6) is 0 Å². The van der Waals surface area contributed by atoms with Crippen molar-refractivity contribution in [1.82, 2.24) is 9.97 Å². The predicted octanol–water partition coefficient (Wildman–Crippen LogP) is 1.49. The van der Waals surface area contributed by atoms with E-state index in [0.717, 1.165) is 0 Å². The number of nitrogens with one attached hydrogen (secondary N) is 1. The maximum Gasteiger partial charge on any atom is 0.183 e. The second-order valence-electron chi connectivity index (χ2n) is 1.88. The van der Waals surface area contributed by atoms with Crippen molar-refractivity contribution in [2.75, 3.05) is 0 Å². The largest absolute Gasteiger partial charge is 0.442 e. The van der Waals surface area contributed by atoms with Crippen LogP contribution in [0.15, 0.2) is 21.9 Å². The molecule has 0 radical (unpaired) electrons. The van der Waals surface area contributed by atoms with Crippen molar-refractivity contribution >= 4 is 23.8 Å². The molecule has 0 bridgehead atoms. The zero-order chi connectivity index (χ0) is 6.97. The standard InChI is InChI=1S/C6H5N3O/c1-7-5-2-4-6(9-5)8-3-10-4/h2-3,9H,1H2. The number of oxazole rings is 1. The molecule has 0 amide bonds. The number of aliphatic imine (C=N–C) groups is 1. The second kappa shape index (κ2) is 1.70. The van der Waals surface area contributed by atoms with E-state index in [4.69, 9.17) is 4.42 Å². The Morgan fingerprint density at radius 3 is 3.30 bits per heavy atom. The summed E-state index contributed by atoms with van der Waals surface area (Å²) in [5.74, 6) is 0.682. The van der Waals surface area contributed by atoms with Gasteiger partial charge in [0, 0.05) is 6.07 Å². The molecule has 0 aliphatic heterocycles. The zero-order valence-electron chi connectivity index (χ0n) is 5.16. The van der Waals surface area contributed by atoms with Crippen LogP contribution in [0.3, 0.4) is 0 Å². The molecule has 0 aliphatic rings. The van der Waals surface area contributed by atoms with Crippen LogP contribution in [0.25, 0.3) is 11.2 Å². The summed E-state index contributed by atoms with van der Waals surface area (Å²) in [7, 11) is 0. The maximum absolute atomic E-state index is 4.97. The number of nitrogens with zero attached hydrogens (tertiary/aromatic N) is 2. The van der Waals surface area contributed by atoms with Gasteiger partial charge in [-0.25, -0.2) is 4.99 Å². The summed E-state index contributed by atoms with van der Waals surface area (Å²) in [5, 5.41) is 0. The second-order valence-corrected chi connectivity index (χ2v) is 1.88. The van der Waals surface area contributed by atoms with Crippen molar-refractivity contribution < 1.29 is 4.42 Å². The lowest BCUT2D eigenvalue weighted by Gasteiger charge is -1.76. The first-order valence-corrected chi connectivity index (χ1v) is 2.79. The number of aromatic amines is 1. The summed E-state index contributed by atoms with van der Waals surface area (Å²) in [5.41, 5.74) is 1.42. The third-order valence-corrected chi connectivity index (χ3v) is 1.28. The van der Waals surface area contributed by atoms with Crippen LogP contribution in [-0.4, -0.2) is 16.7 Å². The number of rotatable bonds is 1. The molecule has 2 heterocycles. The normalized spacial score (nSPS) is 10.4. The minimum absolute atomic E-state index is 0.682. The van der Waals surface area contributed by atoms with Crippen LogP contribution in [0.1, 0.15) is 0 Å². The third-order valence-electron chi connectivity index (χ3n) is 1.28. The average Bonchev–Trinajstić information content (AvgIpc) is 2.42. The molecule has 0 unspecified atom stereocenters. The van der Waals surface area contributed by atoms with Crippen LogP contribution < -0.4 is 0 Å². The lowest BCUT2D eigenvalue weighted by molar-refractivity contribution is 0.602. The molecule has 2 rings (SSSR count). The molecule has 0 aromatic carbocycles. The Labute approximate surface area is 56.6 Å². The molecule has 0 saturated carbocycles. The minimum atomic E-state index is 0.682. The number of hydrogen-bond donors (Lipinski definition) is 1. The van der Waals surface area contributed by atoms with Crippen LogP contribution >= 0.6 is 0 Å². The first-order chi connectivity index (χ1) is 4.90. The van der Waals surface area contributed by atoms with E-state index in [2.05, 4.69) is 21.7 Å². The quantitative estimate of drug-likeness (QED) is 0.602. The first-order valence-electron chi connectivity index (χ1n) is 2.79.